The lowest BCUT2D eigenvalue weighted by Gasteiger charge is -2.20. The van der Waals surface area contributed by atoms with E-state index >= 15 is 0 Å². The van der Waals surface area contributed by atoms with E-state index in [1.165, 1.54) is 6.42 Å². The van der Waals surface area contributed by atoms with Gasteiger partial charge in [0.2, 0.25) is 11.8 Å². The Morgan fingerprint density at radius 3 is 2.69 bits per heavy atom. The highest BCUT2D eigenvalue weighted by molar-refractivity contribution is 5.51. The van der Waals surface area contributed by atoms with Crippen molar-refractivity contribution in [2.45, 2.75) is 38.5 Å². The molecule has 0 N–H and O–H groups in total. The van der Waals surface area contributed by atoms with Gasteiger partial charge in [0.25, 0.3) is 0 Å². The molecule has 1 aliphatic heterocycles. The van der Waals surface area contributed by atoms with Crippen LogP contribution in [0.4, 0.5) is 0 Å². The molecular weight excluding hydrogens is 330 g/mol. The van der Waals surface area contributed by atoms with Gasteiger partial charge >= 0.3 is 0 Å². The summed E-state index contributed by atoms with van der Waals surface area (Å²) in [7, 11) is 2.01. The summed E-state index contributed by atoms with van der Waals surface area (Å²) < 4.78 is 17.5. The quantitative estimate of drug-likeness (QED) is 0.662. The topological polar surface area (TPSA) is 64.5 Å². The van der Waals surface area contributed by atoms with Gasteiger partial charge in [0.05, 0.1) is 13.1 Å². The van der Waals surface area contributed by atoms with Gasteiger partial charge in [-0.1, -0.05) is 18.2 Å². The number of ether oxygens (including phenoxy) is 1. The molecule has 1 aliphatic rings. The van der Waals surface area contributed by atoms with Gasteiger partial charge < -0.3 is 13.6 Å². The molecule has 6 nitrogen and oxygen atoms in total. The van der Waals surface area contributed by atoms with Crippen molar-refractivity contribution in [3.05, 3.63) is 59.9 Å². The molecule has 0 amide bonds. The van der Waals surface area contributed by atoms with Gasteiger partial charge in [-0.15, -0.1) is 10.2 Å². The Hall–Kier alpha value is -2.44. The van der Waals surface area contributed by atoms with Crippen LogP contribution in [0, 0.1) is 0 Å². The summed E-state index contributed by atoms with van der Waals surface area (Å²) in [6.07, 6.45) is 3.48. The number of furan rings is 1. The molecule has 3 heterocycles. The van der Waals surface area contributed by atoms with E-state index in [9.17, 15) is 0 Å². The predicted octanol–water partition coefficient (Wildman–Crippen LogP) is 4.20. The Bertz CT molecular complexity index is 822. The van der Waals surface area contributed by atoms with Crippen molar-refractivity contribution in [2.24, 2.45) is 0 Å². The summed E-state index contributed by atoms with van der Waals surface area (Å²) in [5.74, 6) is 2.98. The van der Waals surface area contributed by atoms with Gasteiger partial charge in [-0.25, -0.2) is 0 Å². The lowest BCUT2D eigenvalue weighted by atomic mass is 10.1. The van der Waals surface area contributed by atoms with Crippen molar-refractivity contribution >= 4 is 0 Å². The van der Waals surface area contributed by atoms with Crippen LogP contribution in [0.25, 0.3) is 11.5 Å². The SMILES string of the molecule is CN(Cc1ccc([C@H]2CCCCO2)o1)Cc1nnc(-c2ccccc2)o1. The number of rotatable bonds is 6. The normalized spacial score (nSPS) is 17.7. The van der Waals surface area contributed by atoms with Crippen LogP contribution in [0.2, 0.25) is 0 Å². The van der Waals surface area contributed by atoms with Crippen LogP contribution in [-0.2, 0) is 17.8 Å². The van der Waals surface area contributed by atoms with Gasteiger partial charge in [0, 0.05) is 12.2 Å². The molecular formula is C20H23N3O3. The van der Waals surface area contributed by atoms with Crippen LogP contribution >= 0.6 is 0 Å². The van der Waals surface area contributed by atoms with Gasteiger partial charge in [-0.05, 0) is 50.6 Å². The molecule has 26 heavy (non-hydrogen) atoms. The van der Waals surface area contributed by atoms with Crippen LogP contribution in [0.15, 0.2) is 51.3 Å². The minimum absolute atomic E-state index is 0.104. The van der Waals surface area contributed by atoms with E-state index in [1.54, 1.807) is 0 Å². The maximum Gasteiger partial charge on any atom is 0.247 e. The minimum atomic E-state index is 0.104. The van der Waals surface area contributed by atoms with Gasteiger partial charge in [0.15, 0.2) is 0 Å². The van der Waals surface area contributed by atoms with Gasteiger partial charge in [0.1, 0.15) is 17.6 Å². The van der Waals surface area contributed by atoms with Crippen molar-refractivity contribution < 1.29 is 13.6 Å². The number of hydrogen-bond acceptors (Lipinski definition) is 6. The Balaban J connectivity index is 1.35. The summed E-state index contributed by atoms with van der Waals surface area (Å²) in [5.41, 5.74) is 0.928. The third kappa shape index (κ3) is 4.03. The minimum Gasteiger partial charge on any atom is -0.462 e. The first-order valence-electron chi connectivity index (χ1n) is 9.04. The molecule has 0 saturated carbocycles. The molecule has 0 bridgehead atoms. The molecule has 1 aromatic carbocycles. The van der Waals surface area contributed by atoms with Gasteiger partial charge in [-0.3, -0.25) is 4.90 Å². The summed E-state index contributed by atoms with van der Waals surface area (Å²) in [4.78, 5) is 2.09. The molecule has 0 unspecified atom stereocenters. The Kier molecular flexibility index (Phi) is 5.13. The maximum absolute atomic E-state index is 5.97. The van der Waals surface area contributed by atoms with E-state index < -0.39 is 0 Å². The van der Waals surface area contributed by atoms with E-state index in [0.29, 0.717) is 24.9 Å². The molecule has 2 aromatic heterocycles. The number of aromatic nitrogens is 2. The summed E-state index contributed by atoms with van der Waals surface area (Å²) in [5, 5.41) is 8.27. The molecule has 4 rings (SSSR count). The Morgan fingerprint density at radius 2 is 1.88 bits per heavy atom. The van der Waals surface area contributed by atoms with E-state index in [0.717, 1.165) is 36.5 Å². The van der Waals surface area contributed by atoms with Gasteiger partial charge in [-0.2, -0.15) is 0 Å². The van der Waals surface area contributed by atoms with Crippen LogP contribution < -0.4 is 0 Å². The molecule has 136 valence electrons. The highest BCUT2D eigenvalue weighted by Gasteiger charge is 2.20. The van der Waals surface area contributed by atoms with Crippen LogP contribution in [-0.4, -0.2) is 28.8 Å². The third-order valence-electron chi connectivity index (χ3n) is 4.50. The highest BCUT2D eigenvalue weighted by atomic mass is 16.5. The second-order valence-corrected chi connectivity index (χ2v) is 6.70. The predicted molar refractivity (Wildman–Crippen MR) is 96.2 cm³/mol. The second kappa shape index (κ2) is 7.85. The zero-order chi connectivity index (χ0) is 17.8. The molecule has 1 saturated heterocycles. The third-order valence-corrected chi connectivity index (χ3v) is 4.50. The Labute approximate surface area is 152 Å². The first kappa shape index (κ1) is 17.0. The zero-order valence-electron chi connectivity index (χ0n) is 14.9. The van der Waals surface area contributed by atoms with Crippen molar-refractivity contribution in [3.63, 3.8) is 0 Å². The molecule has 0 radical (unpaired) electrons. The second-order valence-electron chi connectivity index (χ2n) is 6.70. The molecule has 1 fully saturated rings. The highest BCUT2D eigenvalue weighted by Crippen LogP contribution is 2.29. The van der Waals surface area contributed by atoms with E-state index in [2.05, 4.69) is 15.1 Å². The smallest absolute Gasteiger partial charge is 0.247 e. The fourth-order valence-electron chi connectivity index (χ4n) is 3.19. The van der Waals surface area contributed by atoms with E-state index in [4.69, 9.17) is 13.6 Å². The van der Waals surface area contributed by atoms with Crippen molar-refractivity contribution in [1.29, 1.82) is 0 Å². The Morgan fingerprint density at radius 1 is 1.00 bits per heavy atom. The van der Waals surface area contributed by atoms with E-state index in [1.807, 2.05) is 49.5 Å². The molecule has 3 aromatic rings. The van der Waals surface area contributed by atoms with Crippen molar-refractivity contribution in [2.75, 3.05) is 13.7 Å². The number of hydrogen-bond donors (Lipinski definition) is 0. The average molecular weight is 353 g/mol. The molecule has 0 aliphatic carbocycles. The van der Waals surface area contributed by atoms with Crippen molar-refractivity contribution in [1.82, 2.24) is 15.1 Å². The number of benzene rings is 1. The first-order valence-corrected chi connectivity index (χ1v) is 9.04. The fourth-order valence-corrected chi connectivity index (χ4v) is 3.19. The first-order chi connectivity index (χ1) is 12.8. The summed E-state index contributed by atoms with van der Waals surface area (Å²) in [6.45, 7) is 2.06. The average Bonchev–Trinajstić information content (AvgIpc) is 3.33. The summed E-state index contributed by atoms with van der Waals surface area (Å²) >= 11 is 0. The largest absolute Gasteiger partial charge is 0.462 e. The van der Waals surface area contributed by atoms with E-state index in [-0.39, 0.29) is 6.10 Å². The standard InChI is InChI=1S/C20H23N3O3/c1-23(13-16-10-11-18(25-16)17-9-5-6-12-24-17)14-19-21-22-20(26-19)15-7-3-2-4-8-15/h2-4,7-8,10-11,17H,5-6,9,12-14H2,1H3/t17-/m1/s1. The van der Waals surface area contributed by atoms with Crippen LogP contribution in [0.3, 0.4) is 0 Å². The lowest BCUT2D eigenvalue weighted by Crippen LogP contribution is -2.17. The lowest BCUT2D eigenvalue weighted by molar-refractivity contribution is 0.000886. The number of nitrogens with zero attached hydrogens (tertiary/aromatic N) is 3. The fraction of sp³-hybridized carbons (Fsp3) is 0.400. The van der Waals surface area contributed by atoms with Crippen LogP contribution in [0.1, 0.15) is 42.8 Å². The monoisotopic (exact) mass is 353 g/mol. The molecule has 1 atom stereocenters. The zero-order valence-corrected chi connectivity index (χ0v) is 14.9. The van der Waals surface area contributed by atoms with Crippen molar-refractivity contribution in [3.8, 4) is 11.5 Å². The molecule has 6 heteroatoms. The summed E-state index contributed by atoms with van der Waals surface area (Å²) in [6, 6.07) is 13.8. The maximum atomic E-state index is 5.97. The van der Waals surface area contributed by atoms with Crippen LogP contribution in [0.5, 0.6) is 0 Å². The molecule has 0 spiro atoms.